The molecule has 118 valence electrons. The number of carbonyl (C=O) groups excluding carboxylic acids is 1. The highest BCUT2D eigenvalue weighted by molar-refractivity contribution is 5.96. The molecule has 2 aliphatic heterocycles. The lowest BCUT2D eigenvalue weighted by Gasteiger charge is -2.23. The molecule has 1 aromatic carbocycles. The second-order valence-corrected chi connectivity index (χ2v) is 5.63. The summed E-state index contributed by atoms with van der Waals surface area (Å²) in [6.45, 7) is 2.48. The normalized spacial score (nSPS) is 29.3. The van der Waals surface area contributed by atoms with Crippen LogP contribution >= 0.6 is 0 Å². The van der Waals surface area contributed by atoms with Gasteiger partial charge in [0.15, 0.2) is 0 Å². The number of benzene rings is 1. The molecular formula is C16H19NO5. The molecule has 2 heterocycles. The first-order valence-electron chi connectivity index (χ1n) is 7.52. The molecule has 6 heteroatoms. The van der Waals surface area contributed by atoms with Crippen LogP contribution in [0.4, 0.5) is 5.69 Å². The number of carbonyl (C=O) groups is 2. The van der Waals surface area contributed by atoms with Crippen molar-refractivity contribution in [2.24, 2.45) is 11.8 Å². The average Bonchev–Trinajstić information content (AvgIpc) is 3.10. The number of hydrogen-bond donors (Lipinski definition) is 2. The van der Waals surface area contributed by atoms with Gasteiger partial charge in [0.05, 0.1) is 30.7 Å². The van der Waals surface area contributed by atoms with E-state index in [4.69, 9.17) is 9.47 Å². The number of rotatable bonds is 5. The second kappa shape index (κ2) is 5.96. The Balaban J connectivity index is 1.69. The van der Waals surface area contributed by atoms with Crippen LogP contribution in [-0.4, -0.2) is 35.8 Å². The SMILES string of the molecule is CCOc1ccc(NC(=O)C2C3CCC(O3)C2C(=O)O)cc1. The van der Waals surface area contributed by atoms with Gasteiger partial charge in [-0.05, 0) is 44.0 Å². The monoisotopic (exact) mass is 305 g/mol. The number of ether oxygens (including phenoxy) is 2. The van der Waals surface area contributed by atoms with Crippen molar-refractivity contribution in [3.05, 3.63) is 24.3 Å². The van der Waals surface area contributed by atoms with Gasteiger partial charge in [0.1, 0.15) is 5.75 Å². The van der Waals surface area contributed by atoms with Crippen LogP contribution in [0.3, 0.4) is 0 Å². The van der Waals surface area contributed by atoms with Crippen molar-refractivity contribution in [2.75, 3.05) is 11.9 Å². The molecule has 0 radical (unpaired) electrons. The van der Waals surface area contributed by atoms with Crippen molar-refractivity contribution in [1.82, 2.24) is 0 Å². The Hall–Kier alpha value is -2.08. The molecule has 1 amide bonds. The highest BCUT2D eigenvalue weighted by Gasteiger charge is 2.55. The Kier molecular flexibility index (Phi) is 4.02. The van der Waals surface area contributed by atoms with E-state index in [-0.39, 0.29) is 18.1 Å². The summed E-state index contributed by atoms with van der Waals surface area (Å²) in [5, 5.41) is 12.1. The average molecular weight is 305 g/mol. The molecule has 22 heavy (non-hydrogen) atoms. The molecule has 2 N–H and O–H groups in total. The summed E-state index contributed by atoms with van der Waals surface area (Å²) in [7, 11) is 0. The highest BCUT2D eigenvalue weighted by atomic mass is 16.5. The zero-order valence-electron chi connectivity index (χ0n) is 12.3. The number of carboxylic acids is 1. The summed E-state index contributed by atoms with van der Waals surface area (Å²) in [6.07, 6.45) is 0.844. The Morgan fingerprint density at radius 2 is 1.86 bits per heavy atom. The summed E-state index contributed by atoms with van der Waals surface area (Å²) in [5.41, 5.74) is 0.625. The number of nitrogens with one attached hydrogen (secondary N) is 1. The lowest BCUT2D eigenvalue weighted by Crippen LogP contribution is -2.40. The van der Waals surface area contributed by atoms with E-state index in [0.29, 0.717) is 18.7 Å². The summed E-state index contributed by atoms with van der Waals surface area (Å²) in [5.74, 6) is -1.89. The van der Waals surface area contributed by atoms with Crippen molar-refractivity contribution >= 4 is 17.6 Å². The quantitative estimate of drug-likeness (QED) is 0.868. The van der Waals surface area contributed by atoms with Gasteiger partial charge in [0.25, 0.3) is 0 Å². The van der Waals surface area contributed by atoms with E-state index < -0.39 is 17.8 Å². The first-order chi connectivity index (χ1) is 10.6. The van der Waals surface area contributed by atoms with E-state index in [2.05, 4.69) is 5.32 Å². The third-order valence-electron chi connectivity index (χ3n) is 4.29. The standard InChI is InChI=1S/C16H19NO5/c1-2-21-10-5-3-9(4-6-10)17-15(18)13-11-7-8-12(22-11)14(13)16(19)20/h3-6,11-14H,2,7-8H2,1H3,(H,17,18)(H,19,20). The first kappa shape index (κ1) is 14.8. The fourth-order valence-electron chi connectivity index (χ4n) is 3.35. The molecule has 0 spiro atoms. The maximum atomic E-state index is 12.4. The molecular weight excluding hydrogens is 286 g/mol. The number of fused-ring (bicyclic) bond motifs is 2. The van der Waals surface area contributed by atoms with Crippen molar-refractivity contribution in [3.63, 3.8) is 0 Å². The van der Waals surface area contributed by atoms with Crippen LogP contribution in [0.25, 0.3) is 0 Å². The summed E-state index contributed by atoms with van der Waals surface area (Å²) >= 11 is 0. The van der Waals surface area contributed by atoms with Crippen LogP contribution < -0.4 is 10.1 Å². The van der Waals surface area contributed by atoms with Crippen LogP contribution in [0, 0.1) is 11.8 Å². The second-order valence-electron chi connectivity index (χ2n) is 5.63. The minimum atomic E-state index is -0.959. The molecule has 0 aromatic heterocycles. The van der Waals surface area contributed by atoms with Gasteiger partial charge in [-0.15, -0.1) is 0 Å². The molecule has 2 fully saturated rings. The highest BCUT2D eigenvalue weighted by Crippen LogP contribution is 2.44. The number of anilines is 1. The zero-order valence-corrected chi connectivity index (χ0v) is 12.3. The molecule has 4 unspecified atom stereocenters. The maximum Gasteiger partial charge on any atom is 0.310 e. The molecule has 3 rings (SSSR count). The molecule has 0 saturated carbocycles. The molecule has 2 saturated heterocycles. The van der Waals surface area contributed by atoms with Gasteiger partial charge in [-0.25, -0.2) is 0 Å². The number of aliphatic carboxylic acids is 1. The van der Waals surface area contributed by atoms with Gasteiger partial charge in [-0.1, -0.05) is 0 Å². The van der Waals surface area contributed by atoms with Crippen LogP contribution in [0.2, 0.25) is 0 Å². The maximum absolute atomic E-state index is 12.4. The predicted octanol–water partition coefficient (Wildman–Crippen LogP) is 1.90. The van der Waals surface area contributed by atoms with Gasteiger partial charge in [0.2, 0.25) is 5.91 Å². The van der Waals surface area contributed by atoms with E-state index in [9.17, 15) is 14.7 Å². The van der Waals surface area contributed by atoms with E-state index in [1.807, 2.05) is 6.92 Å². The molecule has 2 bridgehead atoms. The van der Waals surface area contributed by atoms with Crippen LogP contribution in [0.5, 0.6) is 5.75 Å². The molecule has 6 nitrogen and oxygen atoms in total. The lowest BCUT2D eigenvalue weighted by molar-refractivity contribution is -0.147. The fourth-order valence-corrected chi connectivity index (χ4v) is 3.35. The van der Waals surface area contributed by atoms with Crippen molar-refractivity contribution in [2.45, 2.75) is 32.0 Å². The predicted molar refractivity (Wildman–Crippen MR) is 78.8 cm³/mol. The van der Waals surface area contributed by atoms with Crippen LogP contribution in [0.15, 0.2) is 24.3 Å². The molecule has 4 atom stereocenters. The van der Waals surface area contributed by atoms with Crippen molar-refractivity contribution < 1.29 is 24.2 Å². The van der Waals surface area contributed by atoms with Gasteiger partial charge in [0, 0.05) is 5.69 Å². The minimum Gasteiger partial charge on any atom is -0.494 e. The molecule has 2 aliphatic rings. The topological polar surface area (TPSA) is 84.9 Å². The van der Waals surface area contributed by atoms with Crippen LogP contribution in [-0.2, 0) is 14.3 Å². The Morgan fingerprint density at radius 3 is 2.45 bits per heavy atom. The Labute approximate surface area is 128 Å². The third kappa shape index (κ3) is 2.66. The van der Waals surface area contributed by atoms with E-state index >= 15 is 0 Å². The molecule has 1 aromatic rings. The van der Waals surface area contributed by atoms with Crippen molar-refractivity contribution in [1.29, 1.82) is 0 Å². The Bertz CT molecular complexity index is 570. The van der Waals surface area contributed by atoms with E-state index in [1.54, 1.807) is 24.3 Å². The third-order valence-corrected chi connectivity index (χ3v) is 4.29. The van der Waals surface area contributed by atoms with Crippen LogP contribution in [0.1, 0.15) is 19.8 Å². The number of hydrogen-bond acceptors (Lipinski definition) is 4. The fraction of sp³-hybridized carbons (Fsp3) is 0.500. The number of amides is 1. The summed E-state index contributed by atoms with van der Waals surface area (Å²) in [4.78, 5) is 23.8. The summed E-state index contributed by atoms with van der Waals surface area (Å²) in [6, 6.07) is 7.02. The summed E-state index contributed by atoms with van der Waals surface area (Å²) < 4.78 is 11.0. The molecule has 0 aliphatic carbocycles. The number of carboxylic acid groups (broad SMARTS) is 1. The van der Waals surface area contributed by atoms with Gasteiger partial charge < -0.3 is 19.9 Å². The largest absolute Gasteiger partial charge is 0.494 e. The van der Waals surface area contributed by atoms with E-state index in [0.717, 1.165) is 12.2 Å². The minimum absolute atomic E-state index is 0.284. The zero-order chi connectivity index (χ0) is 15.7. The van der Waals surface area contributed by atoms with Gasteiger partial charge in [-0.2, -0.15) is 0 Å². The lowest BCUT2D eigenvalue weighted by atomic mass is 9.78. The van der Waals surface area contributed by atoms with E-state index in [1.165, 1.54) is 0 Å². The smallest absolute Gasteiger partial charge is 0.310 e. The Morgan fingerprint density at radius 1 is 1.23 bits per heavy atom. The van der Waals surface area contributed by atoms with Gasteiger partial charge in [-0.3, -0.25) is 9.59 Å². The van der Waals surface area contributed by atoms with Crippen molar-refractivity contribution in [3.8, 4) is 5.75 Å². The van der Waals surface area contributed by atoms with Gasteiger partial charge >= 0.3 is 5.97 Å². The first-order valence-corrected chi connectivity index (χ1v) is 7.52.